The number of ether oxygens (including phenoxy) is 1. The molecule has 0 saturated heterocycles. The molecule has 2 aromatic heterocycles. The molecule has 0 N–H and O–H groups in total. The molecular weight excluding hydrogens is 447 g/mol. The van der Waals surface area contributed by atoms with Gasteiger partial charge in [-0.1, -0.05) is 29.6 Å². The van der Waals surface area contributed by atoms with Crippen LogP contribution < -0.4 is 5.56 Å². The standard InChI is InChI=1S/C21H18Cl2N2O4S/c1-11-17-19(24-16-5-3-2-4-8-25(16)20(17)27)30-18(11)21(28)29-10-15(26)13-7-6-12(22)9-14(13)23/h6-7,9H,2-5,8,10H2,1H3. The Bertz CT molecular complexity index is 1230. The number of aryl methyl sites for hydroxylation is 2. The van der Waals surface area contributed by atoms with Gasteiger partial charge in [-0.15, -0.1) is 11.3 Å². The summed E-state index contributed by atoms with van der Waals surface area (Å²) >= 11 is 13.0. The highest BCUT2D eigenvalue weighted by molar-refractivity contribution is 7.20. The average Bonchev–Trinajstić information content (AvgIpc) is 2.87. The van der Waals surface area contributed by atoms with Gasteiger partial charge in [0.1, 0.15) is 15.5 Å². The molecule has 0 aliphatic carbocycles. The summed E-state index contributed by atoms with van der Waals surface area (Å²) in [7, 11) is 0. The number of carbonyl (C=O) groups is 2. The fourth-order valence-corrected chi connectivity index (χ4v) is 5.19. The van der Waals surface area contributed by atoms with Crippen LogP contribution in [0.15, 0.2) is 23.0 Å². The fraction of sp³-hybridized carbons (Fsp3) is 0.333. The highest BCUT2D eigenvalue weighted by atomic mass is 35.5. The number of thiophene rings is 1. The van der Waals surface area contributed by atoms with Crippen molar-refractivity contribution in [3.63, 3.8) is 0 Å². The summed E-state index contributed by atoms with van der Waals surface area (Å²) in [5.41, 5.74) is 0.647. The summed E-state index contributed by atoms with van der Waals surface area (Å²) in [6.07, 6.45) is 3.75. The first kappa shape index (κ1) is 21.0. The zero-order valence-corrected chi connectivity index (χ0v) is 18.5. The lowest BCUT2D eigenvalue weighted by Gasteiger charge is -2.08. The number of rotatable bonds is 4. The van der Waals surface area contributed by atoms with Crippen molar-refractivity contribution in [2.24, 2.45) is 0 Å². The van der Waals surface area contributed by atoms with Crippen LogP contribution in [-0.2, 0) is 17.7 Å². The van der Waals surface area contributed by atoms with Crippen molar-refractivity contribution in [1.29, 1.82) is 0 Å². The van der Waals surface area contributed by atoms with E-state index >= 15 is 0 Å². The van der Waals surface area contributed by atoms with Gasteiger partial charge < -0.3 is 4.74 Å². The van der Waals surface area contributed by atoms with E-state index in [0.29, 0.717) is 27.3 Å². The van der Waals surface area contributed by atoms with Gasteiger partial charge in [-0.3, -0.25) is 14.2 Å². The van der Waals surface area contributed by atoms with Gasteiger partial charge in [0.05, 0.1) is 10.4 Å². The molecule has 0 unspecified atom stereocenters. The van der Waals surface area contributed by atoms with Crippen LogP contribution in [0.1, 0.15) is 50.7 Å². The molecule has 0 atom stereocenters. The predicted molar refractivity (Wildman–Crippen MR) is 117 cm³/mol. The summed E-state index contributed by atoms with van der Waals surface area (Å²) in [6, 6.07) is 4.49. The monoisotopic (exact) mass is 464 g/mol. The van der Waals surface area contributed by atoms with Crippen LogP contribution in [-0.4, -0.2) is 27.9 Å². The van der Waals surface area contributed by atoms with Crippen LogP contribution in [0.3, 0.4) is 0 Å². The van der Waals surface area contributed by atoms with Crippen molar-refractivity contribution in [3.8, 4) is 0 Å². The maximum Gasteiger partial charge on any atom is 0.349 e. The van der Waals surface area contributed by atoms with Gasteiger partial charge in [0.15, 0.2) is 6.61 Å². The quantitative estimate of drug-likeness (QED) is 0.407. The molecule has 156 valence electrons. The molecule has 0 saturated carbocycles. The Morgan fingerprint density at radius 3 is 2.80 bits per heavy atom. The van der Waals surface area contributed by atoms with Gasteiger partial charge in [0.2, 0.25) is 5.78 Å². The summed E-state index contributed by atoms with van der Waals surface area (Å²) in [5, 5.41) is 1.05. The Morgan fingerprint density at radius 2 is 2.03 bits per heavy atom. The molecule has 1 aliphatic rings. The number of hydrogen-bond donors (Lipinski definition) is 0. The molecule has 1 aliphatic heterocycles. The molecule has 3 heterocycles. The van der Waals surface area contributed by atoms with Gasteiger partial charge in [-0.05, 0) is 43.5 Å². The molecule has 3 aromatic rings. The van der Waals surface area contributed by atoms with Crippen LogP contribution in [0.4, 0.5) is 0 Å². The van der Waals surface area contributed by atoms with Crippen LogP contribution in [0.5, 0.6) is 0 Å². The number of nitrogens with zero attached hydrogens (tertiary/aromatic N) is 2. The maximum absolute atomic E-state index is 13.0. The first-order valence-electron chi connectivity index (χ1n) is 9.55. The van der Waals surface area contributed by atoms with E-state index in [2.05, 4.69) is 4.98 Å². The Kier molecular flexibility index (Phi) is 5.95. The first-order valence-corrected chi connectivity index (χ1v) is 11.1. The van der Waals surface area contributed by atoms with Crippen molar-refractivity contribution in [2.45, 2.75) is 39.2 Å². The van der Waals surface area contributed by atoms with E-state index in [0.717, 1.165) is 42.8 Å². The summed E-state index contributed by atoms with van der Waals surface area (Å²) in [4.78, 5) is 43.5. The molecule has 30 heavy (non-hydrogen) atoms. The van der Waals surface area contributed by atoms with Gasteiger partial charge in [0, 0.05) is 23.6 Å². The minimum Gasteiger partial charge on any atom is -0.453 e. The lowest BCUT2D eigenvalue weighted by molar-refractivity contribution is 0.0479. The average molecular weight is 465 g/mol. The Morgan fingerprint density at radius 1 is 1.23 bits per heavy atom. The van der Waals surface area contributed by atoms with Crippen molar-refractivity contribution >= 4 is 56.5 Å². The van der Waals surface area contributed by atoms with Crippen LogP contribution in [0.25, 0.3) is 10.2 Å². The second-order valence-electron chi connectivity index (χ2n) is 7.16. The second-order valence-corrected chi connectivity index (χ2v) is 9.00. The molecule has 1 aromatic carbocycles. The summed E-state index contributed by atoms with van der Waals surface area (Å²) in [5.74, 6) is -0.332. The number of halogens is 2. The van der Waals surface area contributed by atoms with E-state index in [-0.39, 0.29) is 21.0 Å². The molecule has 0 radical (unpaired) electrons. The Hall–Kier alpha value is -2.22. The molecule has 4 rings (SSSR count). The SMILES string of the molecule is Cc1c(C(=O)OCC(=O)c2ccc(Cl)cc2Cl)sc2nc3n(c(=O)c12)CCCCC3. The highest BCUT2D eigenvalue weighted by Crippen LogP contribution is 2.29. The lowest BCUT2D eigenvalue weighted by Crippen LogP contribution is -2.24. The number of fused-ring (bicyclic) bond motifs is 2. The van der Waals surface area contributed by atoms with Gasteiger partial charge in [-0.2, -0.15) is 0 Å². The fourth-order valence-electron chi connectivity index (χ4n) is 3.59. The van der Waals surface area contributed by atoms with E-state index in [9.17, 15) is 14.4 Å². The second kappa shape index (κ2) is 8.49. The largest absolute Gasteiger partial charge is 0.453 e. The molecule has 0 amide bonds. The van der Waals surface area contributed by atoms with Crippen molar-refractivity contribution in [1.82, 2.24) is 9.55 Å². The molecule has 0 spiro atoms. The van der Waals surface area contributed by atoms with E-state index in [1.807, 2.05) is 0 Å². The predicted octanol–water partition coefficient (Wildman–Crippen LogP) is 4.84. The zero-order chi connectivity index (χ0) is 21.4. The number of ketones is 1. The first-order chi connectivity index (χ1) is 14.4. The van der Waals surface area contributed by atoms with Gasteiger partial charge in [-0.25, -0.2) is 9.78 Å². The molecular formula is C21H18Cl2N2O4S. The Balaban J connectivity index is 1.59. The minimum atomic E-state index is -0.659. The Labute approximate surface area is 186 Å². The van der Waals surface area contributed by atoms with Crippen LogP contribution in [0, 0.1) is 6.92 Å². The third-order valence-corrected chi connectivity index (χ3v) is 6.88. The highest BCUT2D eigenvalue weighted by Gasteiger charge is 2.24. The molecule has 0 bridgehead atoms. The third kappa shape index (κ3) is 3.89. The van der Waals surface area contributed by atoms with Crippen LogP contribution >= 0.6 is 34.5 Å². The van der Waals surface area contributed by atoms with Gasteiger partial charge in [0.25, 0.3) is 5.56 Å². The van der Waals surface area contributed by atoms with Gasteiger partial charge >= 0.3 is 5.97 Å². The van der Waals surface area contributed by atoms with Crippen molar-refractivity contribution in [3.05, 3.63) is 60.4 Å². The smallest absolute Gasteiger partial charge is 0.349 e. The van der Waals surface area contributed by atoms with Crippen molar-refractivity contribution in [2.75, 3.05) is 6.61 Å². The summed E-state index contributed by atoms with van der Waals surface area (Å²) < 4.78 is 6.94. The van der Waals surface area contributed by atoms with E-state index < -0.39 is 18.4 Å². The molecule has 9 heteroatoms. The number of hydrogen-bond acceptors (Lipinski definition) is 6. The number of esters is 1. The lowest BCUT2D eigenvalue weighted by atomic mass is 10.1. The summed E-state index contributed by atoms with van der Waals surface area (Å²) in [6.45, 7) is 1.89. The minimum absolute atomic E-state index is 0.117. The maximum atomic E-state index is 13.0. The topological polar surface area (TPSA) is 78.3 Å². The molecule has 0 fully saturated rings. The number of carbonyl (C=O) groups excluding carboxylic acids is 2. The molecule has 6 nitrogen and oxygen atoms in total. The number of Topliss-reactive ketones (excluding diaryl/α,β-unsaturated/α-hetero) is 1. The zero-order valence-electron chi connectivity index (χ0n) is 16.2. The van der Waals surface area contributed by atoms with E-state index in [4.69, 9.17) is 27.9 Å². The normalized spacial score (nSPS) is 13.7. The van der Waals surface area contributed by atoms with Crippen LogP contribution in [0.2, 0.25) is 10.0 Å². The third-order valence-electron chi connectivity index (χ3n) is 5.16. The van der Waals surface area contributed by atoms with E-state index in [1.54, 1.807) is 17.6 Å². The number of aromatic nitrogens is 2. The number of benzene rings is 1. The van der Waals surface area contributed by atoms with E-state index in [1.165, 1.54) is 12.1 Å². The van der Waals surface area contributed by atoms with Crippen molar-refractivity contribution < 1.29 is 14.3 Å².